The first-order chi connectivity index (χ1) is 10.9. The molecule has 0 bridgehead atoms. The predicted octanol–water partition coefficient (Wildman–Crippen LogP) is 4.24. The van der Waals surface area contributed by atoms with Gasteiger partial charge in [0.25, 0.3) is 5.91 Å². The fourth-order valence-electron chi connectivity index (χ4n) is 2.07. The van der Waals surface area contributed by atoms with Crippen LogP contribution < -0.4 is 5.73 Å². The zero-order valence-electron chi connectivity index (χ0n) is 15.1. The third-order valence-electron chi connectivity index (χ3n) is 3.53. The summed E-state index contributed by atoms with van der Waals surface area (Å²) in [7, 11) is 3.34. The number of benzene rings is 1. The third kappa shape index (κ3) is 9.72. The number of nitrogens with zero attached hydrogens (tertiary/aromatic N) is 1. The van der Waals surface area contributed by atoms with E-state index in [4.69, 9.17) is 5.73 Å². The van der Waals surface area contributed by atoms with E-state index in [1.807, 2.05) is 0 Å². The molecule has 130 valence electrons. The van der Waals surface area contributed by atoms with Crippen LogP contribution in [0.15, 0.2) is 24.3 Å². The van der Waals surface area contributed by atoms with Gasteiger partial charge in [-0.3, -0.25) is 9.59 Å². The first kappa shape index (κ1) is 21.2. The number of primary amides is 1. The van der Waals surface area contributed by atoms with E-state index in [2.05, 4.69) is 13.8 Å². The Kier molecular flexibility index (Phi) is 11.7. The van der Waals surface area contributed by atoms with Gasteiger partial charge >= 0.3 is 0 Å². The van der Waals surface area contributed by atoms with Crippen LogP contribution in [-0.4, -0.2) is 30.8 Å². The number of amides is 2. The smallest absolute Gasteiger partial charge is 0.253 e. The Balaban J connectivity index is 0.000000468. The van der Waals surface area contributed by atoms with Crippen LogP contribution in [0.4, 0.5) is 0 Å². The molecule has 0 heterocycles. The van der Waals surface area contributed by atoms with Gasteiger partial charge in [0.05, 0.1) is 0 Å². The van der Waals surface area contributed by atoms with Crippen molar-refractivity contribution in [3.05, 3.63) is 35.4 Å². The molecule has 0 aromatic heterocycles. The van der Waals surface area contributed by atoms with Gasteiger partial charge in [0.2, 0.25) is 5.91 Å². The number of hydrogen-bond acceptors (Lipinski definition) is 2. The van der Waals surface area contributed by atoms with Crippen molar-refractivity contribution in [2.75, 3.05) is 14.1 Å². The number of unbranched alkanes of at least 4 members (excludes halogenated alkanes) is 6. The van der Waals surface area contributed by atoms with E-state index in [1.165, 1.54) is 49.8 Å². The number of nitrogens with two attached hydrogens (primary N) is 1. The second kappa shape index (κ2) is 12.7. The van der Waals surface area contributed by atoms with Crippen LogP contribution in [0.5, 0.6) is 0 Å². The molecule has 0 radical (unpaired) electrons. The van der Waals surface area contributed by atoms with Crippen LogP contribution in [0.1, 0.15) is 79.5 Å². The van der Waals surface area contributed by atoms with Gasteiger partial charge in [-0.15, -0.1) is 0 Å². The van der Waals surface area contributed by atoms with Crippen molar-refractivity contribution >= 4 is 11.8 Å². The van der Waals surface area contributed by atoms with E-state index in [0.717, 1.165) is 0 Å². The standard InChI is InChI=1S/C10H12N2O2.C9H20/c1-12(2)10(14)8-5-3-7(4-6-8)9(11)13;1-3-5-7-9-8-6-4-2/h3-6H,1-2H3,(H2,11,13);3-9H2,1-2H3. The summed E-state index contributed by atoms with van der Waals surface area (Å²) in [5.74, 6) is -0.588. The Hall–Kier alpha value is -1.84. The van der Waals surface area contributed by atoms with Crippen LogP contribution in [0.3, 0.4) is 0 Å². The van der Waals surface area contributed by atoms with Crippen molar-refractivity contribution < 1.29 is 9.59 Å². The Labute approximate surface area is 141 Å². The summed E-state index contributed by atoms with van der Waals surface area (Å²) < 4.78 is 0. The van der Waals surface area contributed by atoms with Crippen molar-refractivity contribution in [1.29, 1.82) is 0 Å². The summed E-state index contributed by atoms with van der Waals surface area (Å²) in [6, 6.07) is 6.25. The molecule has 23 heavy (non-hydrogen) atoms. The minimum absolute atomic E-state index is 0.0963. The molecule has 2 amide bonds. The van der Waals surface area contributed by atoms with E-state index in [1.54, 1.807) is 38.4 Å². The van der Waals surface area contributed by atoms with Gasteiger partial charge < -0.3 is 10.6 Å². The lowest BCUT2D eigenvalue weighted by Gasteiger charge is -2.09. The zero-order valence-corrected chi connectivity index (χ0v) is 15.1. The molecule has 0 unspecified atom stereocenters. The van der Waals surface area contributed by atoms with E-state index in [-0.39, 0.29) is 5.91 Å². The molecule has 1 rings (SSSR count). The van der Waals surface area contributed by atoms with Crippen LogP contribution in [0, 0.1) is 0 Å². The maximum Gasteiger partial charge on any atom is 0.253 e. The Bertz CT molecular complexity index is 447. The van der Waals surface area contributed by atoms with E-state index in [0.29, 0.717) is 11.1 Å². The van der Waals surface area contributed by atoms with Gasteiger partial charge in [0.1, 0.15) is 0 Å². The molecule has 0 aliphatic heterocycles. The zero-order chi connectivity index (χ0) is 17.7. The molecule has 0 spiro atoms. The number of rotatable bonds is 8. The highest BCUT2D eigenvalue weighted by atomic mass is 16.2. The molecular formula is C19H32N2O2. The van der Waals surface area contributed by atoms with Crippen molar-refractivity contribution in [1.82, 2.24) is 4.90 Å². The lowest BCUT2D eigenvalue weighted by atomic mass is 10.1. The quantitative estimate of drug-likeness (QED) is 0.728. The summed E-state index contributed by atoms with van der Waals surface area (Å²) in [4.78, 5) is 23.6. The van der Waals surface area contributed by atoms with Crippen LogP contribution in [0.25, 0.3) is 0 Å². The number of carbonyl (C=O) groups is 2. The van der Waals surface area contributed by atoms with Gasteiger partial charge in [-0.25, -0.2) is 0 Å². The lowest BCUT2D eigenvalue weighted by Crippen LogP contribution is -2.21. The van der Waals surface area contributed by atoms with E-state index < -0.39 is 5.91 Å². The summed E-state index contributed by atoms with van der Waals surface area (Å²) in [6.07, 6.45) is 9.97. The van der Waals surface area contributed by atoms with E-state index >= 15 is 0 Å². The minimum Gasteiger partial charge on any atom is -0.366 e. The summed E-state index contributed by atoms with van der Waals surface area (Å²) in [6.45, 7) is 4.53. The highest BCUT2D eigenvalue weighted by molar-refractivity contribution is 5.96. The average molecular weight is 320 g/mol. The van der Waals surface area contributed by atoms with Crippen molar-refractivity contribution in [2.45, 2.75) is 58.8 Å². The third-order valence-corrected chi connectivity index (χ3v) is 3.53. The molecule has 0 atom stereocenters. The SMILES string of the molecule is CCCCCCCCC.CN(C)C(=O)c1ccc(C(N)=O)cc1. The maximum atomic E-state index is 11.4. The highest BCUT2D eigenvalue weighted by Gasteiger charge is 2.08. The molecule has 0 fully saturated rings. The molecule has 4 nitrogen and oxygen atoms in total. The topological polar surface area (TPSA) is 63.4 Å². The van der Waals surface area contributed by atoms with E-state index in [9.17, 15) is 9.59 Å². The fraction of sp³-hybridized carbons (Fsp3) is 0.579. The normalized spacial score (nSPS) is 9.74. The number of carbonyl (C=O) groups excluding carboxylic acids is 2. The first-order valence-corrected chi connectivity index (χ1v) is 8.55. The largest absolute Gasteiger partial charge is 0.366 e. The average Bonchev–Trinajstić information content (AvgIpc) is 2.54. The monoisotopic (exact) mass is 320 g/mol. The van der Waals surface area contributed by atoms with Gasteiger partial charge in [0, 0.05) is 25.2 Å². The molecule has 2 N–H and O–H groups in total. The Morgan fingerprint density at radius 3 is 1.57 bits per heavy atom. The molecule has 1 aromatic rings. The van der Waals surface area contributed by atoms with Gasteiger partial charge in [-0.2, -0.15) is 0 Å². The molecule has 0 aliphatic rings. The minimum atomic E-state index is -0.492. The summed E-state index contributed by atoms with van der Waals surface area (Å²) >= 11 is 0. The molecule has 0 saturated heterocycles. The van der Waals surface area contributed by atoms with Crippen LogP contribution >= 0.6 is 0 Å². The predicted molar refractivity (Wildman–Crippen MR) is 96.6 cm³/mol. The van der Waals surface area contributed by atoms with Gasteiger partial charge in [-0.05, 0) is 24.3 Å². The molecule has 0 aliphatic carbocycles. The van der Waals surface area contributed by atoms with Crippen molar-refractivity contribution in [3.8, 4) is 0 Å². The molecule has 4 heteroatoms. The summed E-state index contributed by atoms with van der Waals surface area (Å²) in [5, 5.41) is 0. The van der Waals surface area contributed by atoms with Crippen LogP contribution in [0.2, 0.25) is 0 Å². The van der Waals surface area contributed by atoms with Crippen molar-refractivity contribution in [2.24, 2.45) is 5.73 Å². The Morgan fingerprint density at radius 2 is 1.22 bits per heavy atom. The number of hydrogen-bond donors (Lipinski definition) is 1. The summed E-state index contributed by atoms with van der Waals surface area (Å²) in [5.41, 5.74) is 6.01. The highest BCUT2D eigenvalue weighted by Crippen LogP contribution is 2.06. The van der Waals surface area contributed by atoms with Gasteiger partial charge in [0.15, 0.2) is 0 Å². The van der Waals surface area contributed by atoms with Crippen molar-refractivity contribution in [3.63, 3.8) is 0 Å². The Morgan fingerprint density at radius 1 is 0.826 bits per heavy atom. The second-order valence-electron chi connectivity index (χ2n) is 5.91. The molecule has 1 aromatic carbocycles. The molecular weight excluding hydrogens is 288 g/mol. The fourth-order valence-corrected chi connectivity index (χ4v) is 2.07. The maximum absolute atomic E-state index is 11.4. The molecule has 0 saturated carbocycles. The first-order valence-electron chi connectivity index (χ1n) is 8.55. The lowest BCUT2D eigenvalue weighted by molar-refractivity contribution is 0.0827. The second-order valence-corrected chi connectivity index (χ2v) is 5.91. The van der Waals surface area contributed by atoms with Gasteiger partial charge in [-0.1, -0.05) is 58.8 Å². The van der Waals surface area contributed by atoms with Crippen LogP contribution in [-0.2, 0) is 0 Å².